The molecule has 3 aromatic rings. The topological polar surface area (TPSA) is 204 Å². The summed E-state index contributed by atoms with van der Waals surface area (Å²) in [7, 11) is 4.29. The maximum Gasteiger partial charge on any atom is 0.407 e. The number of carbonyl (C=O) groups excluding carboxylic acids is 3. The van der Waals surface area contributed by atoms with E-state index in [2.05, 4.69) is 54.3 Å². The number of likely N-dealkylation sites (tertiary alicyclic amines) is 2. The van der Waals surface area contributed by atoms with E-state index in [1.807, 2.05) is 24.3 Å². The monoisotopic (exact) mass is 728 g/mol. The molecule has 5 N–H and O–H groups in total. The van der Waals surface area contributed by atoms with Gasteiger partial charge < -0.3 is 49.7 Å². The van der Waals surface area contributed by atoms with Crippen LogP contribution in [0.3, 0.4) is 0 Å². The van der Waals surface area contributed by atoms with Gasteiger partial charge in [0.25, 0.3) is 0 Å². The third kappa shape index (κ3) is 10.2. The van der Waals surface area contributed by atoms with Gasteiger partial charge in [0.1, 0.15) is 35.1 Å². The van der Waals surface area contributed by atoms with Gasteiger partial charge in [-0.3, -0.25) is 9.59 Å². The lowest BCUT2D eigenvalue weighted by Crippen LogP contribution is -2.49. The minimum absolute atomic E-state index is 0.221. The number of nitrogens with zero attached hydrogens (tertiary/aromatic N) is 4. The van der Waals surface area contributed by atoms with Gasteiger partial charge in [0, 0.05) is 76.9 Å². The molecule has 280 valence electrons. The Balaban J connectivity index is 1.19. The lowest BCUT2D eigenvalue weighted by atomic mass is 10.1. The van der Waals surface area contributed by atoms with Gasteiger partial charge in [-0.25, -0.2) is 19.6 Å². The standard InChI is InChI=1S/C37H44N8O8/c1-51-20-16-28(42-36(48)49)34(46)44-18-4-6-30(44)32-38-22-26(40-32)14-12-24-8-10-25(11-9-24)13-15-27-23-39-33(41-27)31-7-5-19-45(31)35(47)29(17-21-52-2)43-37(50)53-3/h8-11,22-23,28-31,42H,4-7,16-21H2,1-3H3,(H,38,40)(H,39,41)(H,43,50)(H,48,49)/t28-,29-,30-,31-/m0/s1. The molecule has 4 atom stereocenters. The van der Waals surface area contributed by atoms with Gasteiger partial charge in [0.2, 0.25) is 11.8 Å². The number of benzene rings is 1. The van der Waals surface area contributed by atoms with Crippen molar-refractivity contribution in [2.24, 2.45) is 0 Å². The summed E-state index contributed by atoms with van der Waals surface area (Å²) >= 11 is 0. The maximum atomic E-state index is 13.4. The number of H-pyrrole nitrogens is 2. The smallest absolute Gasteiger partial charge is 0.407 e. The van der Waals surface area contributed by atoms with Crippen LogP contribution >= 0.6 is 0 Å². The number of aromatic amines is 2. The zero-order valence-corrected chi connectivity index (χ0v) is 29.9. The summed E-state index contributed by atoms with van der Waals surface area (Å²) in [5.74, 6) is 13.1. The molecule has 0 radical (unpaired) electrons. The zero-order chi connectivity index (χ0) is 37.7. The van der Waals surface area contributed by atoms with E-state index in [9.17, 15) is 24.3 Å². The fourth-order valence-corrected chi connectivity index (χ4v) is 6.42. The zero-order valence-electron chi connectivity index (χ0n) is 29.9. The molecule has 2 fully saturated rings. The van der Waals surface area contributed by atoms with Gasteiger partial charge in [-0.05, 0) is 61.8 Å². The summed E-state index contributed by atoms with van der Waals surface area (Å²) in [5.41, 5.74) is 2.58. The van der Waals surface area contributed by atoms with Crippen LogP contribution in [-0.4, -0.2) is 119 Å². The van der Waals surface area contributed by atoms with Crippen molar-refractivity contribution in [1.29, 1.82) is 0 Å². The normalized spacial score (nSPS) is 17.6. The molecule has 4 amide bonds. The Morgan fingerprint density at radius 2 is 1.23 bits per heavy atom. The molecule has 2 aromatic heterocycles. The van der Waals surface area contributed by atoms with Crippen molar-refractivity contribution in [2.75, 3.05) is 47.6 Å². The number of hydrogen-bond donors (Lipinski definition) is 5. The largest absolute Gasteiger partial charge is 0.465 e. The number of carbonyl (C=O) groups is 4. The fourth-order valence-electron chi connectivity index (χ4n) is 6.42. The van der Waals surface area contributed by atoms with Crippen molar-refractivity contribution in [2.45, 2.75) is 62.7 Å². The molecule has 2 aliphatic heterocycles. The molecule has 2 saturated heterocycles. The summed E-state index contributed by atoms with van der Waals surface area (Å²) in [6, 6.07) is 5.17. The number of aromatic nitrogens is 4. The molecule has 0 unspecified atom stereocenters. The molecule has 53 heavy (non-hydrogen) atoms. The lowest BCUT2D eigenvalue weighted by molar-refractivity contribution is -0.135. The molecule has 1 aromatic carbocycles. The first-order valence-electron chi connectivity index (χ1n) is 17.4. The Morgan fingerprint density at radius 1 is 0.774 bits per heavy atom. The highest BCUT2D eigenvalue weighted by molar-refractivity contribution is 5.86. The predicted molar refractivity (Wildman–Crippen MR) is 190 cm³/mol. The highest BCUT2D eigenvalue weighted by atomic mass is 16.5. The van der Waals surface area contributed by atoms with Crippen molar-refractivity contribution in [1.82, 2.24) is 40.4 Å². The van der Waals surface area contributed by atoms with Gasteiger partial charge in [0.15, 0.2) is 0 Å². The molecule has 0 saturated carbocycles. The number of carboxylic acid groups (broad SMARTS) is 1. The third-order valence-electron chi connectivity index (χ3n) is 9.05. The van der Waals surface area contributed by atoms with Crippen molar-refractivity contribution in [3.05, 3.63) is 70.8 Å². The van der Waals surface area contributed by atoms with Gasteiger partial charge in [-0.15, -0.1) is 0 Å². The Bertz CT molecular complexity index is 1870. The van der Waals surface area contributed by atoms with Crippen LogP contribution in [0.5, 0.6) is 0 Å². The van der Waals surface area contributed by atoms with Crippen LogP contribution < -0.4 is 10.6 Å². The van der Waals surface area contributed by atoms with Crippen LogP contribution in [0.25, 0.3) is 0 Å². The highest BCUT2D eigenvalue weighted by Gasteiger charge is 2.37. The summed E-state index contributed by atoms with van der Waals surface area (Å²) in [6.45, 7) is 1.59. The number of alkyl carbamates (subject to hydrolysis) is 1. The fraction of sp³-hybridized carbons (Fsp3) is 0.459. The number of amides is 4. The molecule has 16 nitrogen and oxygen atoms in total. The van der Waals surface area contributed by atoms with E-state index in [1.54, 1.807) is 22.2 Å². The average molecular weight is 729 g/mol. The van der Waals surface area contributed by atoms with Crippen LogP contribution in [0.1, 0.15) is 84.8 Å². The second kappa shape index (κ2) is 18.6. The number of nitrogens with one attached hydrogen (secondary N) is 4. The van der Waals surface area contributed by atoms with E-state index < -0.39 is 24.3 Å². The molecule has 4 heterocycles. The molecule has 0 spiro atoms. The van der Waals surface area contributed by atoms with Gasteiger partial charge in [-0.2, -0.15) is 0 Å². The van der Waals surface area contributed by atoms with Crippen LogP contribution in [0.4, 0.5) is 9.59 Å². The van der Waals surface area contributed by atoms with Crippen molar-refractivity contribution >= 4 is 24.0 Å². The Kier molecular flexibility index (Phi) is 13.5. The van der Waals surface area contributed by atoms with Crippen LogP contribution in [0.2, 0.25) is 0 Å². The number of rotatable bonds is 12. The van der Waals surface area contributed by atoms with Crippen molar-refractivity contribution in [3.63, 3.8) is 0 Å². The third-order valence-corrected chi connectivity index (χ3v) is 9.05. The Hall–Kier alpha value is -5.84. The summed E-state index contributed by atoms with van der Waals surface area (Å²) in [4.78, 5) is 68.8. The van der Waals surface area contributed by atoms with Gasteiger partial charge >= 0.3 is 12.2 Å². The maximum absolute atomic E-state index is 13.4. The van der Waals surface area contributed by atoms with E-state index in [0.717, 1.165) is 30.4 Å². The molecule has 0 bridgehead atoms. The Labute approximate surface area is 307 Å². The molecule has 0 aliphatic carbocycles. The quantitative estimate of drug-likeness (QED) is 0.173. The number of methoxy groups -OCH3 is 3. The van der Waals surface area contributed by atoms with Crippen LogP contribution in [0.15, 0.2) is 36.7 Å². The lowest BCUT2D eigenvalue weighted by Gasteiger charge is -2.28. The highest BCUT2D eigenvalue weighted by Crippen LogP contribution is 2.32. The first-order valence-corrected chi connectivity index (χ1v) is 17.4. The van der Waals surface area contributed by atoms with Gasteiger partial charge in [0.05, 0.1) is 19.2 Å². The molecule has 16 heteroatoms. The van der Waals surface area contributed by atoms with Gasteiger partial charge in [-0.1, -0.05) is 11.8 Å². The number of ether oxygens (including phenoxy) is 3. The van der Waals surface area contributed by atoms with E-state index in [-0.39, 0.29) is 36.9 Å². The first kappa shape index (κ1) is 38.4. The second-order valence-electron chi connectivity index (χ2n) is 12.6. The van der Waals surface area contributed by atoms with Crippen LogP contribution in [-0.2, 0) is 23.8 Å². The van der Waals surface area contributed by atoms with E-state index in [4.69, 9.17) is 14.2 Å². The summed E-state index contributed by atoms with van der Waals surface area (Å²) < 4.78 is 14.9. The molecule has 5 rings (SSSR count). The second-order valence-corrected chi connectivity index (χ2v) is 12.6. The average Bonchev–Trinajstić information content (AvgIpc) is 4.00. The van der Waals surface area contributed by atoms with Crippen LogP contribution in [0, 0.1) is 23.7 Å². The summed E-state index contributed by atoms with van der Waals surface area (Å²) in [6.07, 6.45) is 5.00. The van der Waals surface area contributed by atoms with E-state index >= 15 is 0 Å². The van der Waals surface area contributed by atoms with Crippen molar-refractivity contribution < 1.29 is 38.5 Å². The number of imidazole rings is 2. The Morgan fingerprint density at radius 3 is 1.64 bits per heavy atom. The molecule has 2 aliphatic rings. The molecular formula is C37H44N8O8. The number of hydrogen-bond acceptors (Lipinski definition) is 9. The van der Waals surface area contributed by atoms with E-state index in [1.165, 1.54) is 21.3 Å². The minimum Gasteiger partial charge on any atom is -0.465 e. The predicted octanol–water partition coefficient (Wildman–Crippen LogP) is 2.69. The minimum atomic E-state index is -1.26. The van der Waals surface area contributed by atoms with E-state index in [0.29, 0.717) is 55.6 Å². The van der Waals surface area contributed by atoms with Crippen molar-refractivity contribution in [3.8, 4) is 23.7 Å². The molecular weight excluding hydrogens is 684 g/mol. The SMILES string of the molecule is COCC[C@H](NC(=O)O)C(=O)N1CCC[C@H]1c1nc(C#Cc2ccc(C#Cc3c[nH]c([C@@H]4CCCN4C(=O)[C@H](CCOC)NC(=O)OC)n3)cc2)c[nH]1. The first-order chi connectivity index (χ1) is 25.7. The summed E-state index contributed by atoms with van der Waals surface area (Å²) in [5, 5.41) is 14.1.